The molecule has 1 aliphatic rings. The molecular weight excluding hydrogens is 552 g/mol. The second-order valence-electron chi connectivity index (χ2n) is 11.7. The van der Waals surface area contributed by atoms with Gasteiger partial charge in [-0.25, -0.2) is 14.8 Å². The van der Waals surface area contributed by atoms with Crippen LogP contribution in [0.4, 0.5) is 11.6 Å². The normalized spacial score (nSPS) is 13.6. The molecule has 44 heavy (non-hydrogen) atoms. The highest BCUT2D eigenvalue weighted by atomic mass is 16.5. The number of methoxy groups -OCH3 is 1. The minimum absolute atomic E-state index is 0.139. The molecule has 0 saturated carbocycles. The van der Waals surface area contributed by atoms with Crippen LogP contribution in [0.1, 0.15) is 61.3 Å². The predicted molar refractivity (Wildman–Crippen MR) is 176 cm³/mol. The van der Waals surface area contributed by atoms with Gasteiger partial charge in [0.1, 0.15) is 5.75 Å². The van der Waals surface area contributed by atoms with E-state index in [4.69, 9.17) is 19.8 Å². The van der Waals surface area contributed by atoms with Crippen LogP contribution in [0, 0.1) is 11.8 Å². The van der Waals surface area contributed by atoms with E-state index < -0.39 is 5.97 Å². The summed E-state index contributed by atoms with van der Waals surface area (Å²) in [6, 6.07) is 13.3. The number of nitrogens with zero attached hydrogens (tertiary/aromatic N) is 5. The Morgan fingerprint density at radius 2 is 1.89 bits per heavy atom. The standard InChI is InChI=1S/C35H40N6O3/c1-7-22(4)16-27(19-36-18-21(2)3)23-8-10-24(11-9-23)33-31-29(40-41(33)5)15-13-26-20-37-35(39-32(26)31)38-28-14-12-25(34(42)43)17-30(28)44-6/h8-12,14,16-17,19-22H,7,13,15,18H2,1-6H3,(H,42,43)(H,37,38,39)/b27-16+,36-19?. The highest BCUT2D eigenvalue weighted by molar-refractivity contribution is 6.10. The van der Waals surface area contributed by atoms with Crippen molar-refractivity contribution in [2.24, 2.45) is 23.9 Å². The molecule has 1 atom stereocenters. The Morgan fingerprint density at radius 1 is 1.14 bits per heavy atom. The van der Waals surface area contributed by atoms with Crippen LogP contribution in [-0.2, 0) is 19.9 Å². The summed E-state index contributed by atoms with van der Waals surface area (Å²) < 4.78 is 7.38. The number of carbonyl (C=O) groups is 1. The number of aromatic carboxylic acids is 1. The van der Waals surface area contributed by atoms with Crippen molar-refractivity contribution in [2.75, 3.05) is 19.0 Å². The first-order chi connectivity index (χ1) is 21.2. The molecular formula is C35H40N6O3. The van der Waals surface area contributed by atoms with Gasteiger partial charge < -0.3 is 15.2 Å². The van der Waals surface area contributed by atoms with Crippen molar-refractivity contribution in [1.82, 2.24) is 19.7 Å². The van der Waals surface area contributed by atoms with Crippen LogP contribution in [-0.4, -0.2) is 50.7 Å². The molecule has 0 bridgehead atoms. The molecule has 9 nitrogen and oxygen atoms in total. The van der Waals surface area contributed by atoms with Crippen molar-refractivity contribution in [3.8, 4) is 28.3 Å². The first-order valence-corrected chi connectivity index (χ1v) is 15.1. The first-order valence-electron chi connectivity index (χ1n) is 15.1. The van der Waals surface area contributed by atoms with Gasteiger partial charge in [0.05, 0.1) is 35.4 Å². The van der Waals surface area contributed by atoms with Gasteiger partial charge in [0.25, 0.3) is 0 Å². The van der Waals surface area contributed by atoms with E-state index in [1.807, 2.05) is 24.1 Å². The summed E-state index contributed by atoms with van der Waals surface area (Å²) in [7, 11) is 3.48. The minimum Gasteiger partial charge on any atom is -0.495 e. The van der Waals surface area contributed by atoms with E-state index in [2.05, 4.69) is 68.3 Å². The first kappa shape index (κ1) is 30.7. The fourth-order valence-electron chi connectivity index (χ4n) is 5.32. The number of benzene rings is 2. The van der Waals surface area contributed by atoms with Crippen LogP contribution in [0.5, 0.6) is 5.75 Å². The topological polar surface area (TPSA) is 115 Å². The van der Waals surface area contributed by atoms with Crippen molar-refractivity contribution in [3.63, 3.8) is 0 Å². The fourth-order valence-corrected chi connectivity index (χ4v) is 5.32. The quantitative estimate of drug-likeness (QED) is 0.176. The van der Waals surface area contributed by atoms with Gasteiger partial charge in [0.2, 0.25) is 5.95 Å². The molecule has 2 aromatic heterocycles. The second kappa shape index (κ2) is 13.2. The van der Waals surface area contributed by atoms with Crippen LogP contribution in [0.15, 0.2) is 59.7 Å². The Hall–Kier alpha value is -4.79. The van der Waals surface area contributed by atoms with Gasteiger partial charge in [0, 0.05) is 37.1 Å². The molecule has 0 saturated heterocycles. The number of nitrogens with one attached hydrogen (secondary N) is 1. The Bertz CT molecular complexity index is 1720. The van der Waals surface area contributed by atoms with E-state index in [0.29, 0.717) is 29.2 Å². The Kier molecular flexibility index (Phi) is 9.23. The molecule has 1 aliphatic carbocycles. The summed E-state index contributed by atoms with van der Waals surface area (Å²) in [5.74, 6) is 0.727. The van der Waals surface area contributed by atoms with Gasteiger partial charge in [-0.1, -0.05) is 64.5 Å². The Morgan fingerprint density at radius 3 is 2.57 bits per heavy atom. The monoisotopic (exact) mass is 592 g/mol. The van der Waals surface area contributed by atoms with Gasteiger partial charge >= 0.3 is 5.97 Å². The van der Waals surface area contributed by atoms with E-state index in [9.17, 15) is 9.90 Å². The number of fused-ring (bicyclic) bond motifs is 3. The van der Waals surface area contributed by atoms with Gasteiger partial charge in [0.15, 0.2) is 0 Å². The largest absolute Gasteiger partial charge is 0.495 e. The number of carboxylic acids is 1. The zero-order valence-electron chi connectivity index (χ0n) is 26.3. The maximum atomic E-state index is 11.4. The van der Waals surface area contributed by atoms with Crippen LogP contribution in [0.25, 0.3) is 28.1 Å². The number of ether oxygens (including phenoxy) is 1. The van der Waals surface area contributed by atoms with E-state index >= 15 is 0 Å². The number of hydrogen-bond donors (Lipinski definition) is 2. The molecule has 228 valence electrons. The number of aryl methyl sites for hydroxylation is 3. The lowest BCUT2D eigenvalue weighted by Crippen LogP contribution is -2.09. The smallest absolute Gasteiger partial charge is 0.335 e. The molecule has 1 unspecified atom stereocenters. The van der Waals surface area contributed by atoms with Crippen LogP contribution in [0.3, 0.4) is 0 Å². The lowest BCUT2D eigenvalue weighted by Gasteiger charge is -2.18. The summed E-state index contributed by atoms with van der Waals surface area (Å²) in [6.07, 6.45) is 8.85. The van der Waals surface area contributed by atoms with E-state index in [0.717, 1.165) is 70.7 Å². The van der Waals surface area contributed by atoms with E-state index in [1.165, 1.54) is 19.2 Å². The predicted octanol–water partition coefficient (Wildman–Crippen LogP) is 7.25. The van der Waals surface area contributed by atoms with Crippen LogP contribution >= 0.6 is 0 Å². The van der Waals surface area contributed by atoms with Crippen molar-refractivity contribution in [3.05, 3.63) is 77.1 Å². The average Bonchev–Trinajstić information content (AvgIpc) is 3.36. The number of aliphatic imine (C=N–C) groups is 1. The van der Waals surface area contributed by atoms with Crippen LogP contribution < -0.4 is 10.1 Å². The second-order valence-corrected chi connectivity index (χ2v) is 11.7. The molecule has 0 fully saturated rings. The Balaban J connectivity index is 1.50. The molecule has 0 aliphatic heterocycles. The average molecular weight is 593 g/mol. The molecule has 2 heterocycles. The molecule has 5 rings (SSSR count). The third-order valence-electron chi connectivity index (χ3n) is 7.85. The van der Waals surface area contributed by atoms with Crippen LogP contribution in [0.2, 0.25) is 0 Å². The zero-order chi connectivity index (χ0) is 31.4. The zero-order valence-corrected chi connectivity index (χ0v) is 26.3. The molecule has 0 spiro atoms. The number of aromatic nitrogens is 4. The number of allylic oxidation sites excluding steroid dienone is 2. The molecule has 0 radical (unpaired) electrons. The summed E-state index contributed by atoms with van der Waals surface area (Å²) in [5.41, 5.74) is 8.96. The molecule has 2 N–H and O–H groups in total. The van der Waals surface area contributed by atoms with Gasteiger partial charge in [-0.05, 0) is 59.6 Å². The third-order valence-corrected chi connectivity index (χ3v) is 7.85. The lowest BCUT2D eigenvalue weighted by molar-refractivity contribution is 0.0696. The summed E-state index contributed by atoms with van der Waals surface area (Å²) in [5, 5.41) is 17.5. The summed E-state index contributed by atoms with van der Waals surface area (Å²) >= 11 is 0. The van der Waals surface area contributed by atoms with Crippen molar-refractivity contribution in [2.45, 2.75) is 47.0 Å². The van der Waals surface area contributed by atoms with Gasteiger partial charge in [-0.2, -0.15) is 5.10 Å². The maximum Gasteiger partial charge on any atom is 0.335 e. The highest BCUT2D eigenvalue weighted by Crippen LogP contribution is 2.40. The van der Waals surface area contributed by atoms with Crippen molar-refractivity contribution < 1.29 is 14.6 Å². The SMILES string of the molecule is CCC(C)/C=C(\C=NCC(C)C)c1ccc(-c2c3c(nn2C)CCc2cnc(Nc4ccc(C(=O)O)cc4OC)nc2-3)cc1. The van der Waals surface area contributed by atoms with Gasteiger partial charge in [-0.3, -0.25) is 9.67 Å². The minimum atomic E-state index is -1.02. The van der Waals surface area contributed by atoms with E-state index in [-0.39, 0.29) is 5.56 Å². The van der Waals surface area contributed by atoms with Crippen molar-refractivity contribution >= 4 is 29.4 Å². The summed E-state index contributed by atoms with van der Waals surface area (Å²) in [6.45, 7) is 9.59. The number of rotatable bonds is 11. The van der Waals surface area contributed by atoms with Gasteiger partial charge in [-0.15, -0.1) is 0 Å². The number of carboxylic acid groups (broad SMARTS) is 1. The maximum absolute atomic E-state index is 11.4. The number of hydrogen-bond acceptors (Lipinski definition) is 7. The lowest BCUT2D eigenvalue weighted by atomic mass is 9.91. The molecule has 2 aromatic carbocycles. The van der Waals surface area contributed by atoms with Crippen molar-refractivity contribution in [1.29, 1.82) is 0 Å². The van der Waals surface area contributed by atoms with E-state index in [1.54, 1.807) is 6.07 Å². The summed E-state index contributed by atoms with van der Waals surface area (Å²) in [4.78, 5) is 25.6. The fraction of sp³-hybridized carbons (Fsp3) is 0.343. The molecule has 4 aromatic rings. The number of anilines is 2. The molecule has 0 amide bonds. The Labute approximate surface area is 258 Å². The third kappa shape index (κ3) is 6.56. The molecule has 9 heteroatoms. The highest BCUT2D eigenvalue weighted by Gasteiger charge is 2.27.